The second-order valence-corrected chi connectivity index (χ2v) is 4.84. The molecule has 1 fully saturated rings. The van der Waals surface area contributed by atoms with E-state index < -0.39 is 0 Å². The minimum atomic E-state index is -0.172. The zero-order valence-corrected chi connectivity index (χ0v) is 10.1. The molecule has 1 atom stereocenters. The van der Waals surface area contributed by atoms with Gasteiger partial charge in [0.25, 0.3) is 0 Å². The number of benzene rings is 2. The van der Waals surface area contributed by atoms with Crippen LogP contribution in [0.25, 0.3) is 10.8 Å². The number of aliphatic hydroxyl groups excluding tert-OH is 1. The van der Waals surface area contributed by atoms with E-state index in [1.807, 2.05) is 0 Å². The van der Waals surface area contributed by atoms with Crippen LogP contribution < -0.4 is 4.90 Å². The molecule has 3 rings (SSSR count). The molecular formula is C15H17NO. The first-order valence-corrected chi connectivity index (χ1v) is 6.17. The average molecular weight is 227 g/mol. The van der Waals surface area contributed by atoms with E-state index in [2.05, 4.69) is 48.2 Å². The van der Waals surface area contributed by atoms with Crippen molar-refractivity contribution in [2.75, 3.05) is 18.0 Å². The molecule has 1 heterocycles. The van der Waals surface area contributed by atoms with Crippen molar-refractivity contribution in [1.82, 2.24) is 0 Å². The number of hydrogen-bond donors (Lipinski definition) is 1. The van der Waals surface area contributed by atoms with Gasteiger partial charge in [-0.2, -0.15) is 0 Å². The number of aryl methyl sites for hydroxylation is 1. The predicted octanol–water partition coefficient (Wildman–Crippen LogP) is 2.72. The summed E-state index contributed by atoms with van der Waals surface area (Å²) in [6.45, 7) is 3.86. The van der Waals surface area contributed by atoms with Crippen LogP contribution in [0.4, 0.5) is 5.69 Å². The summed E-state index contributed by atoms with van der Waals surface area (Å²) in [5, 5.41) is 12.3. The van der Waals surface area contributed by atoms with Crippen LogP contribution in [0.15, 0.2) is 36.4 Å². The van der Waals surface area contributed by atoms with Gasteiger partial charge in [0.2, 0.25) is 0 Å². The zero-order chi connectivity index (χ0) is 11.8. The van der Waals surface area contributed by atoms with Crippen molar-refractivity contribution < 1.29 is 5.11 Å². The summed E-state index contributed by atoms with van der Waals surface area (Å²) in [5.74, 6) is 0. The molecule has 0 spiro atoms. The number of fused-ring (bicyclic) bond motifs is 1. The van der Waals surface area contributed by atoms with Gasteiger partial charge in [-0.15, -0.1) is 0 Å². The Hall–Kier alpha value is -1.54. The third kappa shape index (κ3) is 1.79. The Bertz CT molecular complexity index is 544. The summed E-state index contributed by atoms with van der Waals surface area (Å²) in [6.07, 6.45) is 0.705. The van der Waals surface area contributed by atoms with Gasteiger partial charge in [-0.3, -0.25) is 0 Å². The molecule has 2 nitrogen and oxygen atoms in total. The second kappa shape index (κ2) is 4.04. The van der Waals surface area contributed by atoms with E-state index in [4.69, 9.17) is 0 Å². The summed E-state index contributed by atoms with van der Waals surface area (Å²) >= 11 is 0. The number of anilines is 1. The fourth-order valence-corrected chi connectivity index (χ4v) is 2.73. The predicted molar refractivity (Wildman–Crippen MR) is 71.5 cm³/mol. The molecule has 1 aliphatic rings. The van der Waals surface area contributed by atoms with Crippen LogP contribution in [0, 0.1) is 6.92 Å². The van der Waals surface area contributed by atoms with Crippen molar-refractivity contribution in [3.05, 3.63) is 42.0 Å². The SMILES string of the molecule is Cc1cccc2cccc(N3CC[C@H](O)C3)c12. The molecule has 0 amide bonds. The van der Waals surface area contributed by atoms with E-state index in [9.17, 15) is 5.11 Å². The van der Waals surface area contributed by atoms with Crippen LogP contribution in [0.5, 0.6) is 0 Å². The van der Waals surface area contributed by atoms with Crippen LogP contribution in [-0.4, -0.2) is 24.3 Å². The summed E-state index contributed by atoms with van der Waals surface area (Å²) in [4.78, 5) is 2.29. The Morgan fingerprint density at radius 2 is 1.94 bits per heavy atom. The molecule has 1 N–H and O–H groups in total. The molecule has 0 aliphatic carbocycles. The molecule has 2 aromatic rings. The molecule has 0 unspecified atom stereocenters. The largest absolute Gasteiger partial charge is 0.391 e. The summed E-state index contributed by atoms with van der Waals surface area (Å²) in [6, 6.07) is 12.8. The first-order valence-electron chi connectivity index (χ1n) is 6.17. The Kier molecular flexibility index (Phi) is 2.52. The fraction of sp³-hybridized carbons (Fsp3) is 0.333. The van der Waals surface area contributed by atoms with Crippen molar-refractivity contribution >= 4 is 16.5 Å². The lowest BCUT2D eigenvalue weighted by Crippen LogP contribution is -2.21. The third-order valence-corrected chi connectivity index (χ3v) is 3.60. The topological polar surface area (TPSA) is 23.5 Å². The van der Waals surface area contributed by atoms with Crippen LogP contribution in [0.2, 0.25) is 0 Å². The number of β-amino-alcohol motifs (C(OH)–C–C–N with tert-alkyl or cyclic N) is 1. The minimum absolute atomic E-state index is 0.172. The smallest absolute Gasteiger partial charge is 0.0731 e. The first-order chi connectivity index (χ1) is 8.25. The van der Waals surface area contributed by atoms with Gasteiger partial charge in [-0.05, 0) is 30.4 Å². The van der Waals surface area contributed by atoms with Gasteiger partial charge in [0.1, 0.15) is 0 Å². The molecule has 1 saturated heterocycles. The van der Waals surface area contributed by atoms with Gasteiger partial charge in [-0.25, -0.2) is 0 Å². The maximum atomic E-state index is 9.66. The molecule has 2 aromatic carbocycles. The minimum Gasteiger partial charge on any atom is -0.391 e. The average Bonchev–Trinajstić information content (AvgIpc) is 2.75. The van der Waals surface area contributed by atoms with Gasteiger partial charge >= 0.3 is 0 Å². The van der Waals surface area contributed by atoms with Crippen LogP contribution >= 0.6 is 0 Å². The maximum absolute atomic E-state index is 9.66. The van der Waals surface area contributed by atoms with Crippen LogP contribution in [-0.2, 0) is 0 Å². The van der Waals surface area contributed by atoms with E-state index in [0.717, 1.165) is 19.5 Å². The maximum Gasteiger partial charge on any atom is 0.0731 e. The highest BCUT2D eigenvalue weighted by atomic mass is 16.3. The molecule has 0 radical (unpaired) electrons. The number of hydrogen-bond acceptors (Lipinski definition) is 2. The lowest BCUT2D eigenvalue weighted by atomic mass is 10.0. The number of rotatable bonds is 1. The van der Waals surface area contributed by atoms with Gasteiger partial charge in [0, 0.05) is 24.2 Å². The Labute approximate surface area is 101 Å². The molecule has 0 bridgehead atoms. The van der Waals surface area contributed by atoms with Crippen molar-refractivity contribution in [1.29, 1.82) is 0 Å². The van der Waals surface area contributed by atoms with E-state index in [1.165, 1.54) is 22.0 Å². The highest BCUT2D eigenvalue weighted by Gasteiger charge is 2.21. The summed E-state index contributed by atoms with van der Waals surface area (Å²) in [7, 11) is 0. The standard InChI is InChI=1S/C15H17NO/c1-11-4-2-5-12-6-3-7-14(15(11)12)16-9-8-13(17)10-16/h2-7,13,17H,8-10H2,1H3/t13-/m0/s1. The third-order valence-electron chi connectivity index (χ3n) is 3.60. The van der Waals surface area contributed by atoms with Gasteiger partial charge in [0.15, 0.2) is 0 Å². The molecular weight excluding hydrogens is 210 g/mol. The van der Waals surface area contributed by atoms with Crippen LogP contribution in [0.3, 0.4) is 0 Å². The summed E-state index contributed by atoms with van der Waals surface area (Å²) < 4.78 is 0. The molecule has 0 aromatic heterocycles. The van der Waals surface area contributed by atoms with E-state index in [-0.39, 0.29) is 6.10 Å². The van der Waals surface area contributed by atoms with Crippen molar-refractivity contribution in [3.8, 4) is 0 Å². The van der Waals surface area contributed by atoms with Gasteiger partial charge in [-0.1, -0.05) is 30.3 Å². The molecule has 17 heavy (non-hydrogen) atoms. The highest BCUT2D eigenvalue weighted by Crippen LogP contribution is 2.31. The molecule has 0 saturated carbocycles. The number of aliphatic hydroxyl groups is 1. The summed E-state index contributed by atoms with van der Waals surface area (Å²) in [5.41, 5.74) is 2.57. The van der Waals surface area contributed by atoms with E-state index in [1.54, 1.807) is 0 Å². The fourth-order valence-electron chi connectivity index (χ4n) is 2.73. The Morgan fingerprint density at radius 3 is 2.65 bits per heavy atom. The highest BCUT2D eigenvalue weighted by molar-refractivity contribution is 5.96. The van der Waals surface area contributed by atoms with Crippen molar-refractivity contribution in [2.45, 2.75) is 19.4 Å². The normalized spacial score (nSPS) is 20.1. The lowest BCUT2D eigenvalue weighted by Gasteiger charge is -2.21. The quantitative estimate of drug-likeness (QED) is 0.809. The number of nitrogens with zero attached hydrogens (tertiary/aromatic N) is 1. The van der Waals surface area contributed by atoms with Crippen LogP contribution in [0.1, 0.15) is 12.0 Å². The van der Waals surface area contributed by atoms with Gasteiger partial charge < -0.3 is 10.0 Å². The van der Waals surface area contributed by atoms with Gasteiger partial charge in [0.05, 0.1) is 6.10 Å². The molecule has 1 aliphatic heterocycles. The lowest BCUT2D eigenvalue weighted by molar-refractivity contribution is 0.198. The van der Waals surface area contributed by atoms with Crippen molar-refractivity contribution in [2.24, 2.45) is 0 Å². The Balaban J connectivity index is 2.16. The van der Waals surface area contributed by atoms with Crippen molar-refractivity contribution in [3.63, 3.8) is 0 Å². The Morgan fingerprint density at radius 1 is 1.18 bits per heavy atom. The van der Waals surface area contributed by atoms with E-state index >= 15 is 0 Å². The van der Waals surface area contributed by atoms with E-state index in [0.29, 0.717) is 0 Å². The monoisotopic (exact) mass is 227 g/mol. The zero-order valence-electron chi connectivity index (χ0n) is 10.1. The second-order valence-electron chi connectivity index (χ2n) is 4.84. The molecule has 88 valence electrons. The first kappa shape index (κ1) is 10.6. The molecule has 2 heteroatoms.